The largest absolute Gasteiger partial charge is 0.349 e. The van der Waals surface area contributed by atoms with E-state index in [1.165, 1.54) is 12.1 Å². The number of nitrogens with one attached hydrogen (secondary N) is 1. The maximum Gasteiger partial charge on any atom is 0.227 e. The Morgan fingerprint density at radius 3 is 2.71 bits per heavy atom. The van der Waals surface area contributed by atoms with Gasteiger partial charge in [0.1, 0.15) is 5.82 Å². The van der Waals surface area contributed by atoms with Crippen LogP contribution >= 0.6 is 0 Å². The van der Waals surface area contributed by atoms with E-state index < -0.39 is 5.41 Å². The number of amides is 1. The molecule has 0 heterocycles. The summed E-state index contributed by atoms with van der Waals surface area (Å²) in [4.78, 5) is 11.9. The maximum atomic E-state index is 13.0. The molecule has 0 fully saturated rings. The third-order valence-electron chi connectivity index (χ3n) is 2.82. The molecule has 1 aromatic carbocycles. The topological polar surface area (TPSA) is 55.1 Å². The van der Waals surface area contributed by atoms with Crippen LogP contribution in [0.1, 0.15) is 32.4 Å². The molecule has 0 aliphatic rings. The minimum atomic E-state index is -0.610. The average molecular weight is 238 g/mol. The highest BCUT2D eigenvalue weighted by molar-refractivity contribution is 5.82. The molecule has 1 atom stereocenters. The maximum absolute atomic E-state index is 13.0. The molecule has 0 unspecified atom stereocenters. The molecule has 3 N–H and O–H groups in total. The lowest BCUT2D eigenvalue weighted by Gasteiger charge is -2.24. The SMILES string of the molecule is C[C@@H](NC(=O)C(C)(C)CN)c1cccc(F)c1. The lowest BCUT2D eigenvalue weighted by Crippen LogP contribution is -2.42. The summed E-state index contributed by atoms with van der Waals surface area (Å²) in [5.41, 5.74) is 5.66. The van der Waals surface area contributed by atoms with E-state index in [4.69, 9.17) is 5.73 Å². The number of halogens is 1. The zero-order valence-corrected chi connectivity index (χ0v) is 10.5. The Bertz CT molecular complexity index is 404. The number of carbonyl (C=O) groups excluding carboxylic acids is 1. The summed E-state index contributed by atoms with van der Waals surface area (Å²) in [6.45, 7) is 5.65. The first-order valence-corrected chi connectivity index (χ1v) is 5.63. The second kappa shape index (κ2) is 5.27. The van der Waals surface area contributed by atoms with Gasteiger partial charge >= 0.3 is 0 Å². The monoisotopic (exact) mass is 238 g/mol. The van der Waals surface area contributed by atoms with E-state index in [-0.39, 0.29) is 24.3 Å². The van der Waals surface area contributed by atoms with Crippen molar-refractivity contribution in [2.45, 2.75) is 26.8 Å². The molecule has 0 saturated heterocycles. The lowest BCUT2D eigenvalue weighted by atomic mass is 9.92. The molecule has 1 amide bonds. The van der Waals surface area contributed by atoms with E-state index in [1.54, 1.807) is 26.0 Å². The van der Waals surface area contributed by atoms with Gasteiger partial charge in [-0.2, -0.15) is 0 Å². The molecule has 1 rings (SSSR count). The highest BCUT2D eigenvalue weighted by Crippen LogP contribution is 2.18. The van der Waals surface area contributed by atoms with Gasteiger partial charge in [-0.05, 0) is 38.5 Å². The zero-order chi connectivity index (χ0) is 13.1. The Hall–Kier alpha value is -1.42. The van der Waals surface area contributed by atoms with Crippen LogP contribution in [-0.2, 0) is 4.79 Å². The minimum absolute atomic E-state index is 0.128. The summed E-state index contributed by atoms with van der Waals surface area (Å²) in [7, 11) is 0. The number of hydrogen-bond donors (Lipinski definition) is 2. The van der Waals surface area contributed by atoms with Gasteiger partial charge in [0.2, 0.25) is 5.91 Å². The molecule has 3 nitrogen and oxygen atoms in total. The highest BCUT2D eigenvalue weighted by atomic mass is 19.1. The predicted octanol–water partition coefficient (Wildman–Crippen LogP) is 1.99. The first-order valence-electron chi connectivity index (χ1n) is 5.63. The molecule has 0 aliphatic carbocycles. The summed E-state index contributed by atoms with van der Waals surface area (Å²) < 4.78 is 13.0. The molecular weight excluding hydrogens is 219 g/mol. The fourth-order valence-electron chi connectivity index (χ4n) is 1.34. The zero-order valence-electron chi connectivity index (χ0n) is 10.5. The van der Waals surface area contributed by atoms with E-state index in [1.807, 2.05) is 6.92 Å². The van der Waals surface area contributed by atoms with Gasteiger partial charge in [-0.25, -0.2) is 4.39 Å². The van der Waals surface area contributed by atoms with Crippen molar-refractivity contribution in [3.05, 3.63) is 35.6 Å². The number of hydrogen-bond acceptors (Lipinski definition) is 2. The van der Waals surface area contributed by atoms with Crippen molar-refractivity contribution < 1.29 is 9.18 Å². The first kappa shape index (κ1) is 13.6. The van der Waals surface area contributed by atoms with Crippen molar-refractivity contribution in [1.29, 1.82) is 0 Å². The van der Waals surface area contributed by atoms with E-state index in [0.29, 0.717) is 0 Å². The lowest BCUT2D eigenvalue weighted by molar-refractivity contribution is -0.129. The molecule has 94 valence electrons. The van der Waals surface area contributed by atoms with Crippen LogP contribution in [0.15, 0.2) is 24.3 Å². The second-order valence-corrected chi connectivity index (χ2v) is 4.84. The number of rotatable bonds is 4. The standard InChI is InChI=1S/C13H19FN2O/c1-9(10-5-4-6-11(14)7-10)16-12(17)13(2,3)8-15/h4-7,9H,8,15H2,1-3H3,(H,16,17)/t9-/m1/s1. The van der Waals surface area contributed by atoms with Crippen LogP contribution in [0.3, 0.4) is 0 Å². The smallest absolute Gasteiger partial charge is 0.227 e. The fourth-order valence-corrected chi connectivity index (χ4v) is 1.34. The second-order valence-electron chi connectivity index (χ2n) is 4.84. The molecule has 17 heavy (non-hydrogen) atoms. The van der Waals surface area contributed by atoms with Crippen LogP contribution in [0, 0.1) is 11.2 Å². The predicted molar refractivity (Wildman–Crippen MR) is 65.8 cm³/mol. The summed E-state index contributed by atoms with van der Waals surface area (Å²) in [6, 6.07) is 5.97. The van der Waals surface area contributed by atoms with Crippen molar-refractivity contribution in [2.75, 3.05) is 6.54 Å². The van der Waals surface area contributed by atoms with Crippen LogP contribution in [-0.4, -0.2) is 12.5 Å². The van der Waals surface area contributed by atoms with Crippen LogP contribution in [0.5, 0.6) is 0 Å². The Morgan fingerprint density at radius 2 is 2.18 bits per heavy atom. The summed E-state index contributed by atoms with van der Waals surface area (Å²) in [6.07, 6.45) is 0. The van der Waals surface area contributed by atoms with Gasteiger partial charge in [0.05, 0.1) is 11.5 Å². The van der Waals surface area contributed by atoms with Crippen LogP contribution < -0.4 is 11.1 Å². The van der Waals surface area contributed by atoms with Gasteiger partial charge in [0, 0.05) is 6.54 Å². The average Bonchev–Trinajstić information content (AvgIpc) is 2.28. The van der Waals surface area contributed by atoms with Gasteiger partial charge in [-0.1, -0.05) is 12.1 Å². The first-order chi connectivity index (χ1) is 7.86. The molecule has 0 saturated carbocycles. The third kappa shape index (κ3) is 3.53. The Kier molecular flexibility index (Phi) is 4.23. The fraction of sp³-hybridized carbons (Fsp3) is 0.462. The molecule has 0 aliphatic heterocycles. The van der Waals surface area contributed by atoms with Gasteiger partial charge in [-0.15, -0.1) is 0 Å². The van der Waals surface area contributed by atoms with Crippen molar-refractivity contribution in [2.24, 2.45) is 11.1 Å². The molecule has 0 bridgehead atoms. The van der Waals surface area contributed by atoms with Crippen molar-refractivity contribution in [3.8, 4) is 0 Å². The highest BCUT2D eigenvalue weighted by Gasteiger charge is 2.26. The number of nitrogens with two attached hydrogens (primary N) is 1. The molecule has 1 aromatic rings. The van der Waals surface area contributed by atoms with Crippen LogP contribution in [0.4, 0.5) is 4.39 Å². The van der Waals surface area contributed by atoms with Crippen LogP contribution in [0.25, 0.3) is 0 Å². The van der Waals surface area contributed by atoms with Gasteiger partial charge in [0.25, 0.3) is 0 Å². The Labute approximate surface area is 101 Å². The molecule has 0 aromatic heterocycles. The van der Waals surface area contributed by atoms with E-state index >= 15 is 0 Å². The van der Waals surface area contributed by atoms with Crippen molar-refractivity contribution in [1.82, 2.24) is 5.32 Å². The Balaban J connectivity index is 2.73. The summed E-state index contributed by atoms with van der Waals surface area (Å²) >= 11 is 0. The van der Waals surface area contributed by atoms with Gasteiger partial charge in [0.15, 0.2) is 0 Å². The van der Waals surface area contributed by atoms with Crippen molar-refractivity contribution in [3.63, 3.8) is 0 Å². The molecule has 4 heteroatoms. The van der Waals surface area contributed by atoms with Crippen molar-refractivity contribution >= 4 is 5.91 Å². The van der Waals surface area contributed by atoms with Gasteiger partial charge in [-0.3, -0.25) is 4.79 Å². The van der Waals surface area contributed by atoms with Gasteiger partial charge < -0.3 is 11.1 Å². The van der Waals surface area contributed by atoms with E-state index in [0.717, 1.165) is 5.56 Å². The third-order valence-corrected chi connectivity index (χ3v) is 2.82. The number of carbonyl (C=O) groups is 1. The van der Waals surface area contributed by atoms with Crippen LogP contribution in [0.2, 0.25) is 0 Å². The summed E-state index contributed by atoms with van der Waals surface area (Å²) in [5.74, 6) is -0.432. The number of benzene rings is 1. The summed E-state index contributed by atoms with van der Waals surface area (Å²) in [5, 5.41) is 2.83. The molecular formula is C13H19FN2O. The minimum Gasteiger partial charge on any atom is -0.349 e. The quantitative estimate of drug-likeness (QED) is 0.842. The van der Waals surface area contributed by atoms with E-state index in [2.05, 4.69) is 5.32 Å². The van der Waals surface area contributed by atoms with E-state index in [9.17, 15) is 9.18 Å². The molecule has 0 radical (unpaired) electrons. The Morgan fingerprint density at radius 1 is 1.53 bits per heavy atom. The molecule has 0 spiro atoms. The normalized spacial score (nSPS) is 13.2.